The third kappa shape index (κ3) is 2.47. The van der Waals surface area contributed by atoms with Gasteiger partial charge in [-0.25, -0.2) is 0 Å². The second-order valence-corrected chi connectivity index (χ2v) is 6.59. The number of nitrogens with zero attached hydrogens (tertiary/aromatic N) is 2. The molecule has 2 aliphatic rings. The fourth-order valence-electron chi connectivity index (χ4n) is 3.96. The van der Waals surface area contributed by atoms with Gasteiger partial charge in [-0.2, -0.15) is 0 Å². The lowest BCUT2D eigenvalue weighted by atomic mass is 9.88. The second-order valence-electron chi connectivity index (χ2n) is 6.59. The van der Waals surface area contributed by atoms with E-state index in [1.54, 1.807) is 12.1 Å². The van der Waals surface area contributed by atoms with E-state index in [1.807, 2.05) is 16.7 Å². The summed E-state index contributed by atoms with van der Waals surface area (Å²) in [6.07, 6.45) is 1.76. The van der Waals surface area contributed by atoms with E-state index in [4.69, 9.17) is 9.47 Å². The van der Waals surface area contributed by atoms with Gasteiger partial charge in [-0.05, 0) is 31.9 Å². The molecule has 0 aromatic heterocycles. The molecule has 26 heavy (non-hydrogen) atoms. The Morgan fingerprint density at radius 2 is 1.23 bits per heavy atom. The monoisotopic (exact) mass is 358 g/mol. The molecular weight excluding hydrogens is 332 g/mol. The van der Waals surface area contributed by atoms with Gasteiger partial charge in [-0.1, -0.05) is 13.8 Å². The van der Waals surface area contributed by atoms with Gasteiger partial charge in [0.05, 0.1) is 31.5 Å². The number of benzene rings is 1. The van der Waals surface area contributed by atoms with Crippen LogP contribution < -0.4 is 9.47 Å². The smallest absolute Gasteiger partial charge is 0.216 e. The van der Waals surface area contributed by atoms with E-state index in [1.165, 1.54) is 14.2 Å². The molecule has 0 radical (unpaired) electrons. The second kappa shape index (κ2) is 7.02. The predicted molar refractivity (Wildman–Crippen MR) is 98.7 cm³/mol. The Kier molecular flexibility index (Phi) is 4.94. The summed E-state index contributed by atoms with van der Waals surface area (Å²) in [5.41, 5.74) is 1.61. The van der Waals surface area contributed by atoms with Crippen molar-refractivity contribution in [3.05, 3.63) is 34.7 Å². The summed E-state index contributed by atoms with van der Waals surface area (Å²) in [6, 6.07) is 3.36. The fraction of sp³-hybridized carbons (Fsp3) is 0.500. The van der Waals surface area contributed by atoms with Crippen LogP contribution in [0, 0.1) is 0 Å². The van der Waals surface area contributed by atoms with Crippen LogP contribution in [0.4, 0.5) is 0 Å². The van der Waals surface area contributed by atoms with Crippen molar-refractivity contribution in [2.45, 2.75) is 39.8 Å². The van der Waals surface area contributed by atoms with E-state index in [2.05, 4.69) is 13.8 Å². The highest BCUT2D eigenvalue weighted by Gasteiger charge is 2.47. The number of rotatable bonds is 6. The zero-order valence-corrected chi connectivity index (χ0v) is 16.1. The number of fused-ring (bicyclic) bond motifs is 1. The van der Waals surface area contributed by atoms with Gasteiger partial charge >= 0.3 is 0 Å². The van der Waals surface area contributed by atoms with Crippen LogP contribution in [0.25, 0.3) is 0 Å². The molecule has 0 amide bonds. The third-order valence-corrected chi connectivity index (χ3v) is 5.08. The number of ether oxygens (including phenoxy) is 2. The summed E-state index contributed by atoms with van der Waals surface area (Å²) < 4.78 is 10.8. The van der Waals surface area contributed by atoms with E-state index in [0.29, 0.717) is 34.0 Å². The molecule has 0 unspecified atom stereocenters. The van der Waals surface area contributed by atoms with Gasteiger partial charge in [0.2, 0.25) is 11.6 Å². The molecule has 140 valence electrons. The number of allylic oxidation sites excluding steroid dienone is 2. The molecule has 0 fully saturated rings. The minimum absolute atomic E-state index is 0.0286. The van der Waals surface area contributed by atoms with Crippen LogP contribution in [-0.2, 0) is 0 Å². The molecule has 1 heterocycles. The Morgan fingerprint density at radius 1 is 0.846 bits per heavy atom. The Balaban J connectivity index is 2.25. The molecule has 0 N–H and O–H groups in total. The lowest BCUT2D eigenvalue weighted by Crippen LogP contribution is -2.39. The van der Waals surface area contributed by atoms with Gasteiger partial charge < -0.3 is 19.3 Å². The molecule has 1 aliphatic heterocycles. The largest absolute Gasteiger partial charge is 0.496 e. The predicted octanol–water partition coefficient (Wildman–Crippen LogP) is 3.08. The zero-order valence-electron chi connectivity index (χ0n) is 16.1. The maximum atomic E-state index is 13.5. The van der Waals surface area contributed by atoms with Gasteiger partial charge in [0.25, 0.3) is 0 Å². The maximum absolute atomic E-state index is 13.5. The number of Topliss-reactive ketones (excluding diaryl/α,β-unsaturated/α-hetero) is 2. The molecule has 1 aromatic rings. The molecule has 6 nitrogen and oxygen atoms in total. The van der Waals surface area contributed by atoms with Crippen molar-refractivity contribution in [2.75, 3.05) is 27.3 Å². The highest BCUT2D eigenvalue weighted by Crippen LogP contribution is 2.43. The zero-order chi connectivity index (χ0) is 19.0. The van der Waals surface area contributed by atoms with Crippen LogP contribution in [0.2, 0.25) is 0 Å². The van der Waals surface area contributed by atoms with Crippen molar-refractivity contribution in [3.63, 3.8) is 0 Å². The summed E-state index contributed by atoms with van der Waals surface area (Å²) in [5.74, 6) is 0.487. The normalized spacial score (nSPS) is 17.0. The molecule has 6 heteroatoms. The Morgan fingerprint density at radius 3 is 1.54 bits per heavy atom. The number of hydrogen-bond acceptors (Lipinski definition) is 6. The summed E-state index contributed by atoms with van der Waals surface area (Å²) in [4.78, 5) is 31.0. The standard InChI is InChI=1S/C20H26N2O4/c1-6-10-21-12(3)22(11-7-2)18-17(21)19(23)15-13(25-4)8-9-14(26-5)16(15)20(18)24/h8-9,12H,6-7,10-11H2,1-5H3. The van der Waals surface area contributed by atoms with E-state index in [9.17, 15) is 9.59 Å². The Hall–Kier alpha value is -2.50. The first-order valence-electron chi connectivity index (χ1n) is 9.13. The molecule has 1 aromatic carbocycles. The lowest BCUT2D eigenvalue weighted by Gasteiger charge is -2.31. The first-order valence-corrected chi connectivity index (χ1v) is 9.13. The summed E-state index contributed by atoms with van der Waals surface area (Å²) in [5, 5.41) is 0. The molecule has 0 bridgehead atoms. The third-order valence-electron chi connectivity index (χ3n) is 5.08. The lowest BCUT2D eigenvalue weighted by molar-refractivity contribution is 0.0945. The molecule has 0 saturated carbocycles. The van der Waals surface area contributed by atoms with E-state index < -0.39 is 0 Å². The van der Waals surface area contributed by atoms with Crippen LogP contribution in [0.15, 0.2) is 23.5 Å². The van der Waals surface area contributed by atoms with Gasteiger partial charge in [0, 0.05) is 13.1 Å². The van der Waals surface area contributed by atoms with Crippen LogP contribution in [0.1, 0.15) is 54.3 Å². The van der Waals surface area contributed by atoms with E-state index in [-0.39, 0.29) is 17.7 Å². The molecule has 3 rings (SSSR count). The van der Waals surface area contributed by atoms with Crippen molar-refractivity contribution < 1.29 is 19.1 Å². The van der Waals surface area contributed by atoms with Crippen LogP contribution in [-0.4, -0.2) is 54.8 Å². The Bertz CT molecular complexity index is 721. The average Bonchev–Trinajstić information content (AvgIpc) is 2.92. The molecular formula is C20H26N2O4. The van der Waals surface area contributed by atoms with Gasteiger partial charge in [-0.3, -0.25) is 9.59 Å². The minimum Gasteiger partial charge on any atom is -0.496 e. The molecule has 0 saturated heterocycles. The first-order chi connectivity index (χ1) is 12.5. The maximum Gasteiger partial charge on any atom is 0.216 e. The van der Waals surface area contributed by atoms with E-state index >= 15 is 0 Å². The SMILES string of the molecule is CCCN1C2=C(C(=O)c3c(OC)ccc(OC)c3C2=O)N(CCC)C1C. The van der Waals surface area contributed by atoms with Crippen LogP contribution >= 0.6 is 0 Å². The van der Waals surface area contributed by atoms with Crippen molar-refractivity contribution in [1.82, 2.24) is 9.80 Å². The molecule has 0 atom stereocenters. The van der Waals surface area contributed by atoms with Crippen molar-refractivity contribution >= 4 is 11.6 Å². The average molecular weight is 358 g/mol. The Labute approximate surface area is 154 Å². The number of methoxy groups -OCH3 is 2. The summed E-state index contributed by atoms with van der Waals surface area (Å²) in [6.45, 7) is 7.63. The van der Waals surface area contributed by atoms with Crippen LogP contribution in [0.3, 0.4) is 0 Å². The summed E-state index contributed by atoms with van der Waals surface area (Å²) in [7, 11) is 3.02. The number of carbonyl (C=O) groups is 2. The van der Waals surface area contributed by atoms with Gasteiger partial charge in [0.1, 0.15) is 22.9 Å². The van der Waals surface area contributed by atoms with Gasteiger partial charge in [0.15, 0.2) is 0 Å². The number of hydrogen-bond donors (Lipinski definition) is 0. The van der Waals surface area contributed by atoms with Crippen molar-refractivity contribution in [3.8, 4) is 11.5 Å². The minimum atomic E-state index is -0.163. The van der Waals surface area contributed by atoms with E-state index in [0.717, 1.165) is 25.9 Å². The number of carbonyl (C=O) groups excluding carboxylic acids is 2. The topological polar surface area (TPSA) is 59.1 Å². The van der Waals surface area contributed by atoms with Crippen molar-refractivity contribution in [2.24, 2.45) is 0 Å². The van der Waals surface area contributed by atoms with Crippen molar-refractivity contribution in [1.29, 1.82) is 0 Å². The fourth-order valence-corrected chi connectivity index (χ4v) is 3.96. The quantitative estimate of drug-likeness (QED) is 0.779. The summed E-state index contributed by atoms with van der Waals surface area (Å²) >= 11 is 0. The van der Waals surface area contributed by atoms with Crippen LogP contribution in [0.5, 0.6) is 11.5 Å². The molecule has 1 aliphatic carbocycles. The first kappa shape index (κ1) is 18.3. The molecule has 0 spiro atoms. The highest BCUT2D eigenvalue weighted by atomic mass is 16.5. The number of ketones is 2. The van der Waals surface area contributed by atoms with Gasteiger partial charge in [-0.15, -0.1) is 0 Å². The highest BCUT2D eigenvalue weighted by molar-refractivity contribution is 6.28.